The molecule has 0 saturated heterocycles. The fourth-order valence-electron chi connectivity index (χ4n) is 6.97. The molecule has 4 atom stereocenters. The zero-order chi connectivity index (χ0) is 48.2. The number of likely N-dealkylation sites (N-methyl/N-ethyl adjacent to an activating group) is 1. The number of unbranched alkanes of at least 4 members (excludes halogenated alkanes) is 14. The molecule has 0 aliphatic rings. The van der Waals surface area contributed by atoms with E-state index in [2.05, 4.69) is 33.8 Å². The predicted molar refractivity (Wildman–Crippen MR) is 260 cm³/mol. The van der Waals surface area contributed by atoms with Gasteiger partial charge >= 0.3 is 11.9 Å². The number of hydrogen-bond acceptors (Lipinski definition) is 11. The van der Waals surface area contributed by atoms with Crippen LogP contribution in [-0.2, 0) is 45.5 Å². The molecule has 1 heterocycles. The number of aliphatic hydroxyl groups excluding tert-OH is 2. The second kappa shape index (κ2) is 37.2. The summed E-state index contributed by atoms with van der Waals surface area (Å²) in [6, 6.07) is 0. The molecule has 374 valence electrons. The number of quaternary nitrogens is 1. The number of furan rings is 1. The van der Waals surface area contributed by atoms with Crippen LogP contribution in [0.2, 0.25) is 0 Å². The number of phosphoric acid groups is 1. The van der Waals surface area contributed by atoms with Crippen molar-refractivity contribution in [1.82, 2.24) is 0 Å². The maximum Gasteiger partial charge on any atom is 0.306 e. The lowest BCUT2D eigenvalue weighted by Gasteiger charge is -2.28. The van der Waals surface area contributed by atoms with E-state index in [0.29, 0.717) is 36.7 Å². The molecule has 0 aliphatic heterocycles. The lowest BCUT2D eigenvalue weighted by atomic mass is 10.0. The van der Waals surface area contributed by atoms with E-state index in [1.807, 2.05) is 27.2 Å². The molecule has 0 spiro atoms. The molecule has 12 nitrogen and oxygen atoms in total. The second-order valence-electron chi connectivity index (χ2n) is 18.5. The first-order valence-electron chi connectivity index (χ1n) is 24.9. The van der Waals surface area contributed by atoms with Crippen LogP contribution in [0.25, 0.3) is 0 Å². The molecule has 0 saturated carbocycles. The van der Waals surface area contributed by atoms with Crippen LogP contribution in [0, 0.1) is 13.8 Å². The van der Waals surface area contributed by atoms with E-state index in [0.717, 1.165) is 51.4 Å². The molecule has 1 aromatic heterocycles. The summed E-state index contributed by atoms with van der Waals surface area (Å²) in [7, 11) is 1.01. The van der Waals surface area contributed by atoms with Gasteiger partial charge in [0.2, 0.25) is 0 Å². The summed E-state index contributed by atoms with van der Waals surface area (Å²) in [6.45, 7) is 8.21. The molecule has 0 aliphatic carbocycles. The SMILES string of the molecule is CCCCC/C=C\C[C@@H](O)/C=C/C=C/C=C\[C@@H](O)CCCC(=O)OC[C@H](COP(=O)([O-])OCC[N+](C)(C)C)OC(=O)CCCCCCCCCCCCc1oc(CCCCC)c(C)c1C. The van der Waals surface area contributed by atoms with Crippen molar-refractivity contribution < 1.29 is 56.7 Å². The Balaban J connectivity index is 2.41. The number of carbonyl (C=O) groups is 2. The molecule has 1 unspecified atom stereocenters. The Hall–Kier alpha value is -2.83. The monoisotopic (exact) mass is 936 g/mol. The zero-order valence-electron chi connectivity index (χ0n) is 41.6. The Labute approximate surface area is 394 Å². The predicted octanol–water partition coefficient (Wildman–Crippen LogP) is 11.2. The molecule has 2 N–H and O–H groups in total. The highest BCUT2D eigenvalue weighted by Gasteiger charge is 2.22. The fourth-order valence-corrected chi connectivity index (χ4v) is 7.70. The third-order valence-corrected chi connectivity index (χ3v) is 12.2. The van der Waals surface area contributed by atoms with Gasteiger partial charge in [0, 0.05) is 25.7 Å². The van der Waals surface area contributed by atoms with Crippen molar-refractivity contribution in [3.63, 3.8) is 0 Å². The third-order valence-electron chi connectivity index (χ3n) is 11.2. The molecule has 0 radical (unpaired) electrons. The number of ether oxygens (including phenoxy) is 2. The van der Waals surface area contributed by atoms with Gasteiger partial charge in [0.1, 0.15) is 31.3 Å². The van der Waals surface area contributed by atoms with Gasteiger partial charge in [-0.1, -0.05) is 140 Å². The van der Waals surface area contributed by atoms with Crippen LogP contribution in [0.5, 0.6) is 0 Å². The van der Waals surface area contributed by atoms with Gasteiger partial charge < -0.3 is 42.5 Å². The minimum Gasteiger partial charge on any atom is -0.756 e. The summed E-state index contributed by atoms with van der Waals surface area (Å²) >= 11 is 0. The van der Waals surface area contributed by atoms with Crippen LogP contribution in [0.4, 0.5) is 0 Å². The second-order valence-corrected chi connectivity index (χ2v) is 19.9. The number of nitrogens with zero attached hydrogens (tertiary/aromatic N) is 1. The van der Waals surface area contributed by atoms with Crippen LogP contribution in [0.15, 0.2) is 53.0 Å². The number of aliphatic hydroxyl groups is 2. The fraction of sp³-hybridized carbons (Fsp3) is 0.731. The summed E-state index contributed by atoms with van der Waals surface area (Å²) in [5, 5.41) is 20.4. The Morgan fingerprint density at radius 3 is 1.82 bits per heavy atom. The molecule has 0 amide bonds. The maximum absolute atomic E-state index is 12.8. The number of allylic oxidation sites excluding steroid dienone is 5. The van der Waals surface area contributed by atoms with E-state index in [9.17, 15) is 29.3 Å². The molecule has 0 bridgehead atoms. The standard InChI is InChI=1S/C52H90NO11P/c1-8-10-12-13-20-26-32-46(54)33-27-23-24-28-34-47(55)35-31-39-51(56)60-42-48(43-62-65(58,59)61-41-40-53(5,6)7)63-52(57)38-30-22-19-17-15-14-16-18-21-29-37-50-45(4)44(3)49(64-50)36-25-11-9-2/h20,23-24,26-28,33-34,46-48,54-55H,8-19,21-22,25,29-32,35-43H2,1-7H3/b24-23+,26-20-,33-27+,34-28-/t46-,47-,48-/m1/s1. The number of rotatable bonds is 41. The first-order valence-corrected chi connectivity index (χ1v) is 26.4. The van der Waals surface area contributed by atoms with E-state index < -0.39 is 44.7 Å². The van der Waals surface area contributed by atoms with E-state index in [-0.39, 0.29) is 26.1 Å². The summed E-state index contributed by atoms with van der Waals surface area (Å²) in [6.07, 6.45) is 34.4. The molecular weight excluding hydrogens is 846 g/mol. The Morgan fingerprint density at radius 2 is 1.22 bits per heavy atom. The van der Waals surface area contributed by atoms with Gasteiger partial charge in [-0.3, -0.25) is 14.2 Å². The first-order chi connectivity index (χ1) is 31.1. The molecule has 1 rings (SSSR count). The zero-order valence-corrected chi connectivity index (χ0v) is 42.5. The van der Waals surface area contributed by atoms with Crippen molar-refractivity contribution in [3.8, 4) is 0 Å². The molecule has 65 heavy (non-hydrogen) atoms. The topological polar surface area (TPSA) is 165 Å². The molecule has 1 aromatic rings. The third kappa shape index (κ3) is 34.2. The highest BCUT2D eigenvalue weighted by atomic mass is 31.2. The first kappa shape index (κ1) is 60.2. The average molecular weight is 936 g/mol. The van der Waals surface area contributed by atoms with E-state index in [4.69, 9.17) is 22.9 Å². The molecule has 0 fully saturated rings. The Bertz CT molecular complexity index is 1560. The van der Waals surface area contributed by atoms with Crippen molar-refractivity contribution in [2.24, 2.45) is 0 Å². The highest BCUT2D eigenvalue weighted by molar-refractivity contribution is 7.45. The van der Waals surface area contributed by atoms with Crippen molar-refractivity contribution in [2.45, 2.75) is 200 Å². The number of phosphoric ester groups is 1. The smallest absolute Gasteiger partial charge is 0.306 e. The van der Waals surface area contributed by atoms with Crippen molar-refractivity contribution in [2.75, 3.05) is 47.5 Å². The van der Waals surface area contributed by atoms with Gasteiger partial charge in [-0.25, -0.2) is 0 Å². The van der Waals surface area contributed by atoms with Crippen LogP contribution in [0.3, 0.4) is 0 Å². The van der Waals surface area contributed by atoms with Gasteiger partial charge in [0.25, 0.3) is 7.82 Å². The summed E-state index contributed by atoms with van der Waals surface area (Å²) in [5.74, 6) is 1.25. The summed E-state index contributed by atoms with van der Waals surface area (Å²) in [4.78, 5) is 37.8. The van der Waals surface area contributed by atoms with Gasteiger partial charge in [-0.05, 0) is 76.3 Å². The Kier molecular flexibility index (Phi) is 34.4. The van der Waals surface area contributed by atoms with E-state index in [1.165, 1.54) is 86.9 Å². The minimum absolute atomic E-state index is 0.00933. The summed E-state index contributed by atoms with van der Waals surface area (Å²) in [5.41, 5.74) is 2.66. The van der Waals surface area contributed by atoms with Crippen LogP contribution in [0.1, 0.15) is 178 Å². The van der Waals surface area contributed by atoms with Crippen LogP contribution >= 0.6 is 7.82 Å². The molecular formula is C52H90NO11P. The number of aryl methyl sites for hydroxylation is 2. The van der Waals surface area contributed by atoms with E-state index >= 15 is 0 Å². The van der Waals surface area contributed by atoms with E-state index in [1.54, 1.807) is 36.5 Å². The average Bonchev–Trinajstić information content (AvgIpc) is 3.51. The molecule has 13 heteroatoms. The van der Waals surface area contributed by atoms with Crippen molar-refractivity contribution in [3.05, 3.63) is 71.3 Å². The van der Waals surface area contributed by atoms with Crippen molar-refractivity contribution >= 4 is 19.8 Å². The minimum atomic E-state index is -4.70. The lowest BCUT2D eigenvalue weighted by Crippen LogP contribution is -2.37. The van der Waals surface area contributed by atoms with Gasteiger partial charge in [0.15, 0.2) is 6.10 Å². The normalized spacial score (nSPS) is 14.8. The number of carbonyl (C=O) groups excluding carboxylic acids is 2. The highest BCUT2D eigenvalue weighted by Crippen LogP contribution is 2.38. The lowest BCUT2D eigenvalue weighted by molar-refractivity contribution is -0.870. The Morgan fingerprint density at radius 1 is 0.677 bits per heavy atom. The largest absolute Gasteiger partial charge is 0.756 e. The molecule has 0 aromatic carbocycles. The van der Waals surface area contributed by atoms with Crippen molar-refractivity contribution in [1.29, 1.82) is 0 Å². The quantitative estimate of drug-likeness (QED) is 0.0160. The summed E-state index contributed by atoms with van der Waals surface area (Å²) < 4.78 is 40.1. The number of esters is 2. The van der Waals surface area contributed by atoms with Gasteiger partial charge in [-0.2, -0.15) is 0 Å². The number of hydrogen-bond donors (Lipinski definition) is 2. The van der Waals surface area contributed by atoms with Gasteiger partial charge in [0.05, 0.1) is 40.0 Å². The van der Waals surface area contributed by atoms with Crippen LogP contribution < -0.4 is 4.89 Å². The van der Waals surface area contributed by atoms with Crippen LogP contribution in [-0.4, -0.2) is 92.5 Å². The maximum atomic E-state index is 12.8. The van der Waals surface area contributed by atoms with Gasteiger partial charge in [-0.15, -0.1) is 0 Å².